The molecule has 1 aliphatic rings. The molecule has 1 aromatic carbocycles. The summed E-state index contributed by atoms with van der Waals surface area (Å²) in [7, 11) is 0. The van der Waals surface area contributed by atoms with Gasteiger partial charge in [0, 0.05) is 10.3 Å². The third-order valence-electron chi connectivity index (χ3n) is 5.02. The van der Waals surface area contributed by atoms with E-state index in [-0.39, 0.29) is 0 Å². The summed E-state index contributed by atoms with van der Waals surface area (Å²) in [6.45, 7) is 6.96. The lowest BCUT2D eigenvalue weighted by atomic mass is 9.67. The topological polar surface area (TPSA) is 20.2 Å². The van der Waals surface area contributed by atoms with E-state index < -0.39 is 5.60 Å². The van der Waals surface area contributed by atoms with Crippen molar-refractivity contribution in [2.75, 3.05) is 0 Å². The van der Waals surface area contributed by atoms with Crippen molar-refractivity contribution in [3.63, 3.8) is 0 Å². The minimum absolute atomic E-state index is 0.357. The van der Waals surface area contributed by atoms with Crippen LogP contribution in [0.15, 0.2) is 29.6 Å². The van der Waals surface area contributed by atoms with E-state index >= 15 is 0 Å². The van der Waals surface area contributed by atoms with Gasteiger partial charge in [-0.3, -0.25) is 0 Å². The molecule has 108 valence electrons. The molecule has 0 aliphatic heterocycles. The second-order valence-corrected chi connectivity index (χ2v) is 8.23. The van der Waals surface area contributed by atoms with Crippen molar-refractivity contribution in [1.82, 2.24) is 0 Å². The van der Waals surface area contributed by atoms with Gasteiger partial charge in [-0.15, -0.1) is 11.3 Å². The summed E-state index contributed by atoms with van der Waals surface area (Å²) < 4.78 is 1.27. The van der Waals surface area contributed by atoms with Gasteiger partial charge in [0.2, 0.25) is 0 Å². The van der Waals surface area contributed by atoms with Crippen LogP contribution in [0, 0.1) is 11.3 Å². The van der Waals surface area contributed by atoms with Gasteiger partial charge >= 0.3 is 0 Å². The molecular weight excluding hydrogens is 264 g/mol. The molecular formula is C18H24OS. The predicted octanol–water partition coefficient (Wildman–Crippen LogP) is 5.33. The van der Waals surface area contributed by atoms with Crippen LogP contribution in [-0.2, 0) is 5.60 Å². The van der Waals surface area contributed by atoms with E-state index in [0.29, 0.717) is 5.41 Å². The molecule has 1 fully saturated rings. The molecule has 1 aromatic heterocycles. The maximum atomic E-state index is 11.1. The van der Waals surface area contributed by atoms with Gasteiger partial charge in [-0.05, 0) is 53.8 Å². The van der Waals surface area contributed by atoms with Crippen LogP contribution in [0.1, 0.15) is 52.0 Å². The zero-order valence-corrected chi connectivity index (χ0v) is 13.5. The third-order valence-corrected chi connectivity index (χ3v) is 5.98. The van der Waals surface area contributed by atoms with E-state index in [2.05, 4.69) is 50.4 Å². The lowest BCUT2D eigenvalue weighted by molar-refractivity contribution is -0.0285. The first-order valence-electron chi connectivity index (χ1n) is 7.59. The largest absolute Gasteiger partial charge is 0.385 e. The monoisotopic (exact) mass is 288 g/mol. The summed E-state index contributed by atoms with van der Waals surface area (Å²) in [5.74, 6) is 0.727. The number of benzene rings is 1. The molecule has 0 atom stereocenters. The molecule has 20 heavy (non-hydrogen) atoms. The third kappa shape index (κ3) is 2.40. The van der Waals surface area contributed by atoms with Gasteiger partial charge in [0.15, 0.2) is 0 Å². The summed E-state index contributed by atoms with van der Waals surface area (Å²) in [4.78, 5) is 0. The molecule has 1 aliphatic carbocycles. The Balaban J connectivity index is 1.89. The molecule has 1 heterocycles. The van der Waals surface area contributed by atoms with E-state index in [1.165, 1.54) is 10.1 Å². The normalized spacial score (nSPS) is 27.9. The van der Waals surface area contributed by atoms with Gasteiger partial charge < -0.3 is 5.11 Å². The summed E-state index contributed by atoms with van der Waals surface area (Å²) >= 11 is 1.75. The van der Waals surface area contributed by atoms with E-state index in [4.69, 9.17) is 0 Å². The van der Waals surface area contributed by atoms with Crippen molar-refractivity contribution in [3.05, 3.63) is 35.2 Å². The van der Waals surface area contributed by atoms with Gasteiger partial charge in [-0.25, -0.2) is 0 Å². The highest BCUT2D eigenvalue weighted by molar-refractivity contribution is 7.17. The average molecular weight is 288 g/mol. The van der Waals surface area contributed by atoms with Crippen LogP contribution in [0.3, 0.4) is 0 Å². The lowest BCUT2D eigenvalue weighted by Gasteiger charge is -2.41. The molecule has 0 bridgehead atoms. The Morgan fingerprint density at radius 3 is 2.50 bits per heavy atom. The van der Waals surface area contributed by atoms with Crippen molar-refractivity contribution in [2.45, 2.75) is 52.1 Å². The zero-order chi connectivity index (χ0) is 14.4. The molecule has 0 unspecified atom stereocenters. The van der Waals surface area contributed by atoms with Crippen LogP contribution < -0.4 is 0 Å². The van der Waals surface area contributed by atoms with E-state index in [1.54, 1.807) is 11.3 Å². The van der Waals surface area contributed by atoms with Crippen LogP contribution in [0.5, 0.6) is 0 Å². The maximum absolute atomic E-state index is 11.1. The highest BCUT2D eigenvalue weighted by Gasteiger charge is 2.39. The van der Waals surface area contributed by atoms with Gasteiger partial charge in [0.1, 0.15) is 0 Å². The number of fused-ring (bicyclic) bond motifs is 1. The Morgan fingerprint density at radius 1 is 1.15 bits per heavy atom. The molecule has 1 N–H and O–H groups in total. The van der Waals surface area contributed by atoms with Crippen LogP contribution >= 0.6 is 11.3 Å². The first-order valence-corrected chi connectivity index (χ1v) is 8.47. The molecule has 0 spiro atoms. The number of hydrogen-bond acceptors (Lipinski definition) is 2. The van der Waals surface area contributed by atoms with Gasteiger partial charge in [0.25, 0.3) is 0 Å². The van der Waals surface area contributed by atoms with Crippen molar-refractivity contribution < 1.29 is 5.11 Å². The second kappa shape index (κ2) is 4.85. The Bertz CT molecular complexity index is 597. The van der Waals surface area contributed by atoms with Crippen molar-refractivity contribution in [1.29, 1.82) is 0 Å². The molecule has 3 rings (SSSR count). The fourth-order valence-electron chi connectivity index (χ4n) is 3.59. The number of thiophene rings is 1. The molecule has 1 nitrogen and oxygen atoms in total. The molecule has 2 heteroatoms. The van der Waals surface area contributed by atoms with Crippen molar-refractivity contribution >= 4 is 21.4 Å². The number of rotatable bonds is 1. The average Bonchev–Trinajstić information content (AvgIpc) is 2.86. The second-order valence-electron chi connectivity index (χ2n) is 7.32. The predicted molar refractivity (Wildman–Crippen MR) is 87.1 cm³/mol. The minimum Gasteiger partial charge on any atom is -0.385 e. The lowest BCUT2D eigenvalue weighted by Crippen LogP contribution is -2.35. The maximum Gasteiger partial charge on any atom is 0.0910 e. The standard InChI is InChI=1S/C18H24OS/c1-17(2,3)14-7-10-18(19,11-8-14)15-6-4-5-13-9-12-20-16(13)15/h4-6,9,12,14,19H,7-8,10-11H2,1-3H3. The van der Waals surface area contributed by atoms with Gasteiger partial charge in [-0.1, -0.05) is 39.0 Å². The van der Waals surface area contributed by atoms with Gasteiger partial charge in [0.05, 0.1) is 5.60 Å². The molecule has 0 amide bonds. The van der Waals surface area contributed by atoms with E-state index in [1.807, 2.05) is 0 Å². The molecule has 2 aromatic rings. The highest BCUT2D eigenvalue weighted by Crippen LogP contribution is 2.47. The number of aliphatic hydroxyl groups is 1. The minimum atomic E-state index is -0.619. The van der Waals surface area contributed by atoms with Crippen LogP contribution in [-0.4, -0.2) is 5.11 Å². The van der Waals surface area contributed by atoms with Gasteiger partial charge in [-0.2, -0.15) is 0 Å². The Morgan fingerprint density at radius 2 is 1.85 bits per heavy atom. The van der Waals surface area contributed by atoms with E-state index in [0.717, 1.165) is 37.2 Å². The molecule has 0 radical (unpaired) electrons. The highest BCUT2D eigenvalue weighted by atomic mass is 32.1. The van der Waals surface area contributed by atoms with E-state index in [9.17, 15) is 5.11 Å². The smallest absolute Gasteiger partial charge is 0.0910 e. The SMILES string of the molecule is CC(C)(C)C1CCC(O)(c2cccc3ccsc23)CC1. The Labute approximate surface area is 125 Å². The fourth-order valence-corrected chi connectivity index (χ4v) is 4.60. The van der Waals surface area contributed by atoms with Crippen LogP contribution in [0.25, 0.3) is 10.1 Å². The Kier molecular flexibility index (Phi) is 3.42. The summed E-state index contributed by atoms with van der Waals surface area (Å²) in [5, 5.41) is 14.5. The number of hydrogen-bond donors (Lipinski definition) is 1. The fraction of sp³-hybridized carbons (Fsp3) is 0.556. The molecule has 1 saturated carbocycles. The first kappa shape index (κ1) is 14.1. The first-order chi connectivity index (χ1) is 9.40. The van der Waals surface area contributed by atoms with Crippen LogP contribution in [0.4, 0.5) is 0 Å². The van der Waals surface area contributed by atoms with Crippen LogP contribution in [0.2, 0.25) is 0 Å². The quantitative estimate of drug-likeness (QED) is 0.752. The van der Waals surface area contributed by atoms with Crippen molar-refractivity contribution in [3.8, 4) is 0 Å². The van der Waals surface area contributed by atoms with Crippen molar-refractivity contribution in [2.24, 2.45) is 11.3 Å². The Hall–Kier alpha value is -0.860. The summed E-state index contributed by atoms with van der Waals surface area (Å²) in [5.41, 5.74) is 0.889. The zero-order valence-electron chi connectivity index (χ0n) is 12.6. The molecule has 0 saturated heterocycles. The summed E-state index contributed by atoms with van der Waals surface area (Å²) in [6, 6.07) is 8.49. The summed E-state index contributed by atoms with van der Waals surface area (Å²) in [6.07, 6.45) is 4.04.